The predicted molar refractivity (Wildman–Crippen MR) is 274 cm³/mol. The standard InChI is InChI=1S/C50H87N3O19P2/c1-4-5-18-24-37(54)28-29-41-47(59)48(60)42-35-68-74(64,65)72-73(62,63)67-34-38(69-45(57)27-22-15-13-11-9-7-6-8-10-12-14-19-23-36(2)3)33-66-44(56)26-21-17-16-20-25-39(40(55)32-46(58)70-41)49(71-42)53-31-30-43(51)52-50(53)61/h16,20,28-31,36-42,46-49,54-55,58-60H,4-15,17-19,21-27,32-35H2,1-3H3,(H,62,63)(H,64,65)(H2,51,52,61)/t37-,38+,39-,40-,41+,42+,46?,47-,48+,49+/m0/s1. The van der Waals surface area contributed by atoms with E-state index in [1.807, 2.05) is 6.92 Å². The Hall–Kier alpha value is -2.92. The highest BCUT2D eigenvalue weighted by molar-refractivity contribution is 7.61. The predicted octanol–water partition coefficient (Wildman–Crippen LogP) is 6.97. The number of phosphoric acid groups is 2. The van der Waals surface area contributed by atoms with Gasteiger partial charge in [-0.05, 0) is 44.1 Å². The molecule has 1 aromatic rings. The lowest BCUT2D eigenvalue weighted by Crippen LogP contribution is -2.49. The zero-order valence-electron chi connectivity index (χ0n) is 43.6. The molecular weight excluding hydrogens is 1010 g/mol. The third-order valence-corrected chi connectivity index (χ3v) is 15.4. The van der Waals surface area contributed by atoms with Gasteiger partial charge in [-0.3, -0.25) is 23.2 Å². The third-order valence-electron chi connectivity index (χ3n) is 12.8. The Labute approximate surface area is 436 Å². The Morgan fingerprint density at radius 3 is 2.11 bits per heavy atom. The van der Waals surface area contributed by atoms with Gasteiger partial charge in [-0.2, -0.15) is 9.29 Å². The van der Waals surface area contributed by atoms with Crippen molar-refractivity contribution in [1.29, 1.82) is 0 Å². The number of phosphoric ester groups is 2. The van der Waals surface area contributed by atoms with E-state index in [-0.39, 0.29) is 37.9 Å². The molecule has 0 aliphatic carbocycles. The van der Waals surface area contributed by atoms with Crippen molar-refractivity contribution in [2.24, 2.45) is 11.8 Å². The molecule has 1 fully saturated rings. The molecule has 3 unspecified atom stereocenters. The first kappa shape index (κ1) is 65.4. The number of aromatic nitrogens is 2. The number of cyclic esters (lactones) is 1. The lowest BCUT2D eigenvalue weighted by atomic mass is 9.92. The zero-order chi connectivity index (χ0) is 54.5. The molecule has 0 spiro atoms. The summed E-state index contributed by atoms with van der Waals surface area (Å²) in [6.07, 6.45) is 8.13. The van der Waals surface area contributed by atoms with Crippen molar-refractivity contribution in [2.45, 2.75) is 224 Å². The Bertz CT molecular complexity index is 1970. The maximum atomic E-state index is 13.4. The van der Waals surface area contributed by atoms with Crippen LogP contribution in [0, 0.1) is 11.8 Å². The van der Waals surface area contributed by atoms with Gasteiger partial charge < -0.3 is 60.0 Å². The molecule has 0 radical (unpaired) electrons. The van der Waals surface area contributed by atoms with Gasteiger partial charge in [0, 0.05) is 31.4 Å². The number of allylic oxidation sites excluding steroid dienone is 2. The smallest absolute Gasteiger partial charge is 0.462 e. The summed E-state index contributed by atoms with van der Waals surface area (Å²) in [5.74, 6) is -2.10. The molecule has 2 aliphatic heterocycles. The summed E-state index contributed by atoms with van der Waals surface area (Å²) in [5, 5.41) is 56.9. The summed E-state index contributed by atoms with van der Waals surface area (Å²) in [5.41, 5.74) is 4.76. The van der Waals surface area contributed by atoms with Crippen molar-refractivity contribution in [3.8, 4) is 0 Å². The van der Waals surface area contributed by atoms with Crippen LogP contribution in [0.4, 0.5) is 5.82 Å². The van der Waals surface area contributed by atoms with Gasteiger partial charge in [-0.15, -0.1) is 0 Å². The zero-order valence-corrected chi connectivity index (χ0v) is 45.4. The number of nitrogens with zero attached hydrogens (tertiary/aromatic N) is 2. The van der Waals surface area contributed by atoms with Crippen molar-refractivity contribution < 1.29 is 86.3 Å². The van der Waals surface area contributed by atoms with E-state index in [4.69, 9.17) is 33.7 Å². The fraction of sp³-hybridized carbons (Fsp3) is 0.800. The second kappa shape index (κ2) is 35.5. The lowest BCUT2D eigenvalue weighted by molar-refractivity contribution is -0.192. The van der Waals surface area contributed by atoms with E-state index in [0.29, 0.717) is 19.3 Å². The maximum Gasteiger partial charge on any atom is 0.481 e. The van der Waals surface area contributed by atoms with Crippen molar-refractivity contribution in [3.05, 3.63) is 47.1 Å². The van der Waals surface area contributed by atoms with Crippen LogP contribution in [0.15, 0.2) is 41.4 Å². The van der Waals surface area contributed by atoms with Gasteiger partial charge in [-0.1, -0.05) is 141 Å². The molecule has 0 amide bonds. The van der Waals surface area contributed by atoms with Crippen LogP contribution in [-0.2, 0) is 51.0 Å². The number of hydrogen-bond donors (Lipinski definition) is 8. The van der Waals surface area contributed by atoms with E-state index < -0.39 is 121 Å². The molecule has 74 heavy (non-hydrogen) atoms. The number of nitrogen functional groups attached to an aromatic ring is 1. The summed E-state index contributed by atoms with van der Waals surface area (Å²) < 4.78 is 64.8. The molecule has 22 nitrogen and oxygen atoms in total. The molecule has 2 aliphatic rings. The first-order valence-electron chi connectivity index (χ1n) is 26.6. The molecule has 1 aromatic heterocycles. The number of aliphatic hydroxyl groups is 5. The molecule has 12 atom stereocenters. The lowest BCUT2D eigenvalue weighted by Gasteiger charge is -2.36. The Kier molecular flexibility index (Phi) is 31.3. The monoisotopic (exact) mass is 1100 g/mol. The van der Waals surface area contributed by atoms with Crippen LogP contribution in [0.1, 0.15) is 175 Å². The summed E-state index contributed by atoms with van der Waals surface area (Å²) in [4.78, 5) is 64.3. The average molecular weight is 1100 g/mol. The highest BCUT2D eigenvalue weighted by atomic mass is 31.3. The number of rotatable bonds is 23. The average Bonchev–Trinajstić information content (AvgIpc) is 3.33. The van der Waals surface area contributed by atoms with Gasteiger partial charge in [0.05, 0.1) is 25.4 Å². The van der Waals surface area contributed by atoms with Gasteiger partial charge in [0.15, 0.2) is 12.4 Å². The summed E-state index contributed by atoms with van der Waals surface area (Å²) >= 11 is 0. The first-order chi connectivity index (χ1) is 35.2. The van der Waals surface area contributed by atoms with Crippen LogP contribution in [0.3, 0.4) is 0 Å². The number of fused-ring (bicyclic) bond motifs is 3. The van der Waals surface area contributed by atoms with Crippen LogP contribution in [0.5, 0.6) is 0 Å². The number of unbranched alkanes of at least 4 members (excludes halogenated alkanes) is 13. The number of anilines is 1. The second-order valence-corrected chi connectivity index (χ2v) is 22.8. The molecule has 0 aromatic carbocycles. The van der Waals surface area contributed by atoms with Gasteiger partial charge in [0.25, 0.3) is 0 Å². The van der Waals surface area contributed by atoms with E-state index >= 15 is 0 Å². The fourth-order valence-electron chi connectivity index (χ4n) is 8.53. The summed E-state index contributed by atoms with van der Waals surface area (Å²) in [6, 6.07) is 1.23. The third kappa shape index (κ3) is 26.9. The maximum absolute atomic E-state index is 13.4. The molecule has 426 valence electrons. The molecule has 24 heteroatoms. The minimum Gasteiger partial charge on any atom is -0.462 e. The van der Waals surface area contributed by atoms with Crippen molar-refractivity contribution in [2.75, 3.05) is 25.6 Å². The second-order valence-electron chi connectivity index (χ2n) is 19.7. The van der Waals surface area contributed by atoms with Crippen molar-refractivity contribution in [3.63, 3.8) is 0 Å². The minimum atomic E-state index is -5.73. The van der Waals surface area contributed by atoms with E-state index in [1.54, 1.807) is 12.2 Å². The van der Waals surface area contributed by atoms with Crippen LogP contribution in [-0.4, -0.2) is 126 Å². The van der Waals surface area contributed by atoms with Crippen molar-refractivity contribution in [1.82, 2.24) is 9.55 Å². The Morgan fingerprint density at radius 1 is 0.851 bits per heavy atom. The van der Waals surface area contributed by atoms with E-state index in [9.17, 15) is 58.8 Å². The van der Waals surface area contributed by atoms with E-state index in [2.05, 4.69) is 23.1 Å². The van der Waals surface area contributed by atoms with E-state index in [0.717, 1.165) is 61.6 Å². The number of carbonyl (C=O) groups excluding carboxylic acids is 2. The number of carbonyl (C=O) groups is 2. The molecule has 3 rings (SSSR count). The van der Waals surface area contributed by atoms with Crippen LogP contribution >= 0.6 is 15.6 Å². The highest BCUT2D eigenvalue weighted by Gasteiger charge is 2.44. The topological polar surface area (TPSA) is 335 Å². The largest absolute Gasteiger partial charge is 0.481 e. The summed E-state index contributed by atoms with van der Waals surface area (Å²) in [7, 11) is -11.3. The van der Waals surface area contributed by atoms with Gasteiger partial charge in [-0.25, -0.2) is 13.9 Å². The summed E-state index contributed by atoms with van der Waals surface area (Å²) in [6.45, 7) is 3.72. The Balaban J connectivity index is 1.81. The molecule has 0 saturated carbocycles. The number of hydrogen-bond acceptors (Lipinski definition) is 19. The molecular formula is C50H87N3O19P2. The van der Waals surface area contributed by atoms with Crippen LogP contribution in [0.2, 0.25) is 0 Å². The molecule has 9 N–H and O–H groups in total. The van der Waals surface area contributed by atoms with Crippen LogP contribution in [0.25, 0.3) is 0 Å². The molecule has 3 heterocycles. The van der Waals surface area contributed by atoms with Crippen LogP contribution < -0.4 is 11.4 Å². The molecule has 2 bridgehead atoms. The number of esters is 2. The fourth-order valence-corrected chi connectivity index (χ4v) is 10.6. The highest BCUT2D eigenvalue weighted by Crippen LogP contribution is 2.60. The first-order valence-corrected chi connectivity index (χ1v) is 29.6. The quantitative estimate of drug-likeness (QED) is 0.0237. The molecule has 1 saturated heterocycles. The van der Waals surface area contributed by atoms with Gasteiger partial charge >= 0.3 is 33.3 Å². The number of nitrogens with two attached hydrogens (primary N) is 1. The van der Waals surface area contributed by atoms with Gasteiger partial charge in [0.1, 0.15) is 43.1 Å². The van der Waals surface area contributed by atoms with Gasteiger partial charge in [0.2, 0.25) is 0 Å². The van der Waals surface area contributed by atoms with Crippen molar-refractivity contribution >= 4 is 33.4 Å². The van der Waals surface area contributed by atoms with E-state index in [1.165, 1.54) is 63.2 Å². The normalized spacial score (nSPS) is 30.1. The number of ether oxygens (including phenoxy) is 4. The number of aliphatic hydroxyl groups excluding tert-OH is 5. The SMILES string of the molecule is CCCCC[C@H](O)C=C[C@H]1OC(O)C[C@H](O)[C@@H]2CC=CCCCC(=O)OC[C@@H](OC(=O)CCCCCCCCCCCCCCC(C)C)COP(=O)(O)OP(=O)(O)OC[C@@H](O[C@H]2n2ccc(N)nc2=O)[C@@H](O)[C@H]1O. The Morgan fingerprint density at radius 2 is 1.47 bits per heavy atom. The minimum absolute atomic E-state index is 0.00267.